The van der Waals surface area contributed by atoms with E-state index in [1.807, 2.05) is 6.07 Å². The molecule has 7 heteroatoms. The van der Waals surface area contributed by atoms with Crippen LogP contribution in [0.25, 0.3) is 0 Å². The van der Waals surface area contributed by atoms with Gasteiger partial charge in [-0.25, -0.2) is 15.0 Å². The first-order chi connectivity index (χ1) is 13.3. The van der Waals surface area contributed by atoms with Crippen LogP contribution in [0.5, 0.6) is 0 Å². The van der Waals surface area contributed by atoms with Crippen molar-refractivity contribution in [2.24, 2.45) is 11.8 Å². The van der Waals surface area contributed by atoms with Crippen molar-refractivity contribution in [3.8, 4) is 0 Å². The molecule has 2 aliphatic rings. The molecular weight excluding hydrogens is 340 g/mol. The van der Waals surface area contributed by atoms with E-state index in [1.54, 1.807) is 24.9 Å². The molecule has 0 aromatic carbocycles. The van der Waals surface area contributed by atoms with Gasteiger partial charge in [-0.1, -0.05) is 0 Å². The van der Waals surface area contributed by atoms with Crippen LogP contribution in [0.2, 0.25) is 0 Å². The Morgan fingerprint density at radius 1 is 1.04 bits per heavy atom. The van der Waals surface area contributed by atoms with Gasteiger partial charge in [0.2, 0.25) is 0 Å². The Bertz CT molecular complexity index is 707. The molecule has 2 saturated heterocycles. The third-order valence-corrected chi connectivity index (χ3v) is 5.50. The Labute approximate surface area is 160 Å². The van der Waals surface area contributed by atoms with E-state index in [0.29, 0.717) is 11.7 Å². The van der Waals surface area contributed by atoms with Crippen LogP contribution in [0.4, 0.5) is 11.6 Å². The molecule has 4 heterocycles. The lowest BCUT2D eigenvalue weighted by Gasteiger charge is -2.36. The highest BCUT2D eigenvalue weighted by molar-refractivity contribution is 5.49. The van der Waals surface area contributed by atoms with E-state index in [-0.39, 0.29) is 0 Å². The van der Waals surface area contributed by atoms with Crippen molar-refractivity contribution in [3.63, 3.8) is 0 Å². The molecule has 144 valence electrons. The summed E-state index contributed by atoms with van der Waals surface area (Å²) in [6.07, 6.45) is 12.6. The van der Waals surface area contributed by atoms with E-state index in [1.165, 1.54) is 45.3 Å². The van der Waals surface area contributed by atoms with E-state index in [4.69, 9.17) is 4.74 Å². The van der Waals surface area contributed by atoms with E-state index >= 15 is 0 Å². The number of rotatable bonds is 6. The average molecular weight is 368 g/mol. The monoisotopic (exact) mass is 368 g/mol. The SMILES string of the molecule is c1cnc(Nc2cc(CC3CCCN(CC4CCOCC4)C3)ncn2)cn1. The second-order valence-electron chi connectivity index (χ2n) is 7.64. The highest BCUT2D eigenvalue weighted by Gasteiger charge is 2.24. The molecule has 0 saturated carbocycles. The van der Waals surface area contributed by atoms with Gasteiger partial charge in [0.05, 0.1) is 6.20 Å². The van der Waals surface area contributed by atoms with Crippen LogP contribution in [-0.4, -0.2) is 57.7 Å². The minimum Gasteiger partial charge on any atom is -0.381 e. The van der Waals surface area contributed by atoms with Crippen molar-refractivity contribution in [2.75, 3.05) is 38.2 Å². The first kappa shape index (κ1) is 18.3. The third-order valence-electron chi connectivity index (χ3n) is 5.50. The predicted molar refractivity (Wildman–Crippen MR) is 104 cm³/mol. The van der Waals surface area contributed by atoms with E-state index < -0.39 is 0 Å². The Kier molecular flexibility index (Phi) is 6.21. The molecule has 0 amide bonds. The lowest BCUT2D eigenvalue weighted by atomic mass is 9.91. The molecule has 1 atom stereocenters. The minimum atomic E-state index is 0.665. The molecule has 2 aromatic rings. The van der Waals surface area contributed by atoms with E-state index in [9.17, 15) is 0 Å². The number of piperidine rings is 1. The largest absolute Gasteiger partial charge is 0.381 e. The Hall–Kier alpha value is -2.12. The maximum atomic E-state index is 5.50. The van der Waals surface area contributed by atoms with Gasteiger partial charge in [-0.2, -0.15) is 0 Å². The first-order valence-electron chi connectivity index (χ1n) is 9.99. The zero-order valence-electron chi connectivity index (χ0n) is 15.8. The number of nitrogens with one attached hydrogen (secondary N) is 1. The topological polar surface area (TPSA) is 76.1 Å². The third kappa shape index (κ3) is 5.43. The fourth-order valence-electron chi connectivity index (χ4n) is 4.15. The van der Waals surface area contributed by atoms with Gasteiger partial charge in [-0.05, 0) is 50.5 Å². The van der Waals surface area contributed by atoms with Gasteiger partial charge in [0.1, 0.15) is 18.0 Å². The molecule has 0 aliphatic carbocycles. The Balaban J connectivity index is 1.32. The number of nitrogens with zero attached hydrogens (tertiary/aromatic N) is 5. The van der Waals surface area contributed by atoms with Gasteiger partial charge in [0, 0.05) is 50.5 Å². The fourth-order valence-corrected chi connectivity index (χ4v) is 4.15. The van der Waals surface area contributed by atoms with Crippen LogP contribution in [0.15, 0.2) is 31.0 Å². The van der Waals surface area contributed by atoms with Crippen LogP contribution >= 0.6 is 0 Å². The van der Waals surface area contributed by atoms with Crippen LogP contribution in [0.1, 0.15) is 31.4 Å². The minimum absolute atomic E-state index is 0.665. The van der Waals surface area contributed by atoms with Gasteiger partial charge in [0.15, 0.2) is 0 Å². The summed E-state index contributed by atoms with van der Waals surface area (Å²) in [5, 5.41) is 3.20. The summed E-state index contributed by atoms with van der Waals surface area (Å²) in [6.45, 7) is 5.50. The van der Waals surface area contributed by atoms with Crippen molar-refractivity contribution < 1.29 is 4.74 Å². The van der Waals surface area contributed by atoms with Crippen molar-refractivity contribution in [3.05, 3.63) is 36.7 Å². The van der Waals surface area contributed by atoms with Gasteiger partial charge >= 0.3 is 0 Å². The van der Waals surface area contributed by atoms with Crippen molar-refractivity contribution in [1.29, 1.82) is 0 Å². The maximum Gasteiger partial charge on any atom is 0.150 e. The predicted octanol–water partition coefficient (Wildman–Crippen LogP) is 2.69. The van der Waals surface area contributed by atoms with Crippen molar-refractivity contribution >= 4 is 11.6 Å². The summed E-state index contributed by atoms with van der Waals surface area (Å²) in [7, 11) is 0. The second kappa shape index (κ2) is 9.19. The van der Waals surface area contributed by atoms with Crippen molar-refractivity contribution in [1.82, 2.24) is 24.8 Å². The van der Waals surface area contributed by atoms with Crippen LogP contribution in [0, 0.1) is 11.8 Å². The molecule has 2 fully saturated rings. The van der Waals surface area contributed by atoms with Crippen LogP contribution in [0.3, 0.4) is 0 Å². The number of anilines is 2. The highest BCUT2D eigenvalue weighted by Crippen LogP contribution is 2.24. The summed E-state index contributed by atoms with van der Waals surface area (Å²) in [4.78, 5) is 19.8. The molecule has 1 N–H and O–H groups in total. The highest BCUT2D eigenvalue weighted by atomic mass is 16.5. The van der Waals surface area contributed by atoms with Gasteiger partial charge < -0.3 is 15.0 Å². The van der Waals surface area contributed by atoms with Crippen molar-refractivity contribution in [2.45, 2.75) is 32.1 Å². The number of ether oxygens (including phenoxy) is 1. The second-order valence-corrected chi connectivity index (χ2v) is 7.64. The normalized spacial score (nSPS) is 21.9. The van der Waals surface area contributed by atoms with Gasteiger partial charge in [0.25, 0.3) is 0 Å². The van der Waals surface area contributed by atoms with E-state index in [0.717, 1.165) is 37.1 Å². The standard InChI is InChI=1S/C20H28N6O/c1-2-17(14-26(7-1)13-16-3-8-27-9-4-16)10-18-11-19(24-15-23-18)25-20-12-21-5-6-22-20/h5-6,11-12,15-17H,1-4,7-10,13-14H2,(H,22,23,24,25). The Morgan fingerprint density at radius 2 is 1.96 bits per heavy atom. The maximum absolute atomic E-state index is 5.50. The first-order valence-corrected chi connectivity index (χ1v) is 9.99. The lowest BCUT2D eigenvalue weighted by Crippen LogP contribution is -2.40. The molecule has 2 aromatic heterocycles. The molecule has 1 unspecified atom stereocenters. The summed E-state index contributed by atoms with van der Waals surface area (Å²) >= 11 is 0. The number of aromatic nitrogens is 4. The Morgan fingerprint density at radius 3 is 2.81 bits per heavy atom. The van der Waals surface area contributed by atoms with Gasteiger partial charge in [-0.3, -0.25) is 4.98 Å². The van der Waals surface area contributed by atoms with Crippen LogP contribution in [-0.2, 0) is 11.2 Å². The quantitative estimate of drug-likeness (QED) is 0.840. The summed E-state index contributed by atoms with van der Waals surface area (Å²) in [5.41, 5.74) is 1.09. The molecule has 7 nitrogen and oxygen atoms in total. The average Bonchev–Trinajstić information content (AvgIpc) is 2.70. The smallest absolute Gasteiger partial charge is 0.150 e. The molecule has 27 heavy (non-hydrogen) atoms. The lowest BCUT2D eigenvalue weighted by molar-refractivity contribution is 0.0452. The molecule has 0 spiro atoms. The summed E-state index contributed by atoms with van der Waals surface area (Å²) in [6, 6.07) is 2.03. The summed E-state index contributed by atoms with van der Waals surface area (Å²) < 4.78 is 5.50. The molecule has 4 rings (SSSR count). The summed E-state index contributed by atoms with van der Waals surface area (Å²) in [5.74, 6) is 2.94. The zero-order chi connectivity index (χ0) is 18.3. The molecular formula is C20H28N6O. The number of hydrogen-bond acceptors (Lipinski definition) is 7. The van der Waals surface area contributed by atoms with Gasteiger partial charge in [-0.15, -0.1) is 0 Å². The molecule has 0 radical (unpaired) electrons. The van der Waals surface area contributed by atoms with Crippen LogP contribution < -0.4 is 5.32 Å². The molecule has 0 bridgehead atoms. The number of hydrogen-bond donors (Lipinski definition) is 1. The molecule has 2 aliphatic heterocycles. The number of likely N-dealkylation sites (tertiary alicyclic amines) is 1. The van der Waals surface area contributed by atoms with E-state index in [2.05, 4.69) is 30.2 Å². The zero-order valence-corrected chi connectivity index (χ0v) is 15.8. The fraction of sp³-hybridized carbons (Fsp3) is 0.600.